The molecule has 1 aromatic heterocycles. The normalized spacial score (nSPS) is 11.8. The number of amides is 1. The van der Waals surface area contributed by atoms with Gasteiger partial charge in [-0.1, -0.05) is 34.1 Å². The number of nitrogens with zero attached hydrogens (tertiary/aromatic N) is 3. The lowest BCUT2D eigenvalue weighted by molar-refractivity contribution is -0.384. The van der Waals surface area contributed by atoms with E-state index < -0.39 is 10.8 Å². The van der Waals surface area contributed by atoms with Crippen LogP contribution in [0.15, 0.2) is 63.3 Å². The molecule has 2 N–H and O–H groups in total. The number of halogens is 1. The number of carbonyl (C=O) groups is 1. The molecular formula is C17H14BrN5O3S. The summed E-state index contributed by atoms with van der Waals surface area (Å²) >= 11 is 4.64. The van der Waals surface area contributed by atoms with Crippen LogP contribution in [0.1, 0.15) is 28.9 Å². The number of hydrogen-bond acceptors (Lipinski definition) is 6. The fraction of sp³-hybridized carbons (Fsp3) is 0.118. The van der Waals surface area contributed by atoms with Crippen LogP contribution in [0.25, 0.3) is 0 Å². The van der Waals surface area contributed by atoms with Crippen molar-refractivity contribution in [2.75, 3.05) is 0 Å². The number of benzene rings is 2. The van der Waals surface area contributed by atoms with Crippen LogP contribution in [0, 0.1) is 10.1 Å². The van der Waals surface area contributed by atoms with Gasteiger partial charge in [0, 0.05) is 21.5 Å². The third-order valence-electron chi connectivity index (χ3n) is 3.74. The smallest absolute Gasteiger partial charge is 0.270 e. The van der Waals surface area contributed by atoms with E-state index in [4.69, 9.17) is 0 Å². The largest absolute Gasteiger partial charge is 0.345 e. The summed E-state index contributed by atoms with van der Waals surface area (Å²) in [6.07, 6.45) is 1.35. The predicted octanol–water partition coefficient (Wildman–Crippen LogP) is 4.12. The molecule has 0 spiro atoms. The highest BCUT2D eigenvalue weighted by Gasteiger charge is 2.20. The fourth-order valence-corrected chi connectivity index (χ4v) is 3.86. The van der Waals surface area contributed by atoms with Crippen LogP contribution in [-0.4, -0.2) is 26.0 Å². The van der Waals surface area contributed by atoms with Gasteiger partial charge in [0.2, 0.25) is 0 Å². The van der Waals surface area contributed by atoms with Crippen LogP contribution < -0.4 is 5.32 Å². The summed E-state index contributed by atoms with van der Waals surface area (Å²) in [5.41, 5.74) is 0.945. The summed E-state index contributed by atoms with van der Waals surface area (Å²) in [6, 6.07) is 11.4. The molecule has 3 aromatic rings. The number of aromatic amines is 1. The van der Waals surface area contributed by atoms with E-state index in [0.29, 0.717) is 10.1 Å². The number of nitro groups is 1. The Bertz CT molecular complexity index is 980. The SMILES string of the molecule is C[C@@H](NC(=O)c1cc([N+](=O)[O-])ccc1Sc1ncn[nH]1)c1ccccc1Br. The molecule has 0 bridgehead atoms. The third kappa shape index (κ3) is 4.52. The van der Waals surface area contributed by atoms with E-state index in [9.17, 15) is 14.9 Å². The average molecular weight is 448 g/mol. The summed E-state index contributed by atoms with van der Waals surface area (Å²) < 4.78 is 0.869. The van der Waals surface area contributed by atoms with Crippen molar-refractivity contribution in [3.05, 3.63) is 74.5 Å². The lowest BCUT2D eigenvalue weighted by Gasteiger charge is -2.17. The monoisotopic (exact) mass is 447 g/mol. The Morgan fingerprint density at radius 1 is 1.33 bits per heavy atom. The molecule has 0 aliphatic heterocycles. The molecule has 3 rings (SSSR count). The zero-order valence-corrected chi connectivity index (χ0v) is 16.5. The number of H-pyrrole nitrogens is 1. The molecule has 0 saturated carbocycles. The maximum Gasteiger partial charge on any atom is 0.270 e. The second-order valence-corrected chi connectivity index (χ2v) is 7.43. The number of nitrogens with one attached hydrogen (secondary N) is 2. The minimum absolute atomic E-state index is 0.157. The molecule has 27 heavy (non-hydrogen) atoms. The van der Waals surface area contributed by atoms with Gasteiger partial charge < -0.3 is 5.32 Å². The molecule has 0 saturated heterocycles. The molecule has 8 nitrogen and oxygen atoms in total. The highest BCUT2D eigenvalue weighted by Crippen LogP contribution is 2.31. The van der Waals surface area contributed by atoms with Crippen LogP contribution in [-0.2, 0) is 0 Å². The van der Waals surface area contributed by atoms with Crippen molar-refractivity contribution >= 4 is 39.3 Å². The van der Waals surface area contributed by atoms with E-state index in [0.717, 1.165) is 10.0 Å². The first-order valence-electron chi connectivity index (χ1n) is 7.82. The van der Waals surface area contributed by atoms with Crippen molar-refractivity contribution < 1.29 is 9.72 Å². The van der Waals surface area contributed by atoms with Crippen molar-refractivity contribution in [2.24, 2.45) is 0 Å². The molecule has 138 valence electrons. The van der Waals surface area contributed by atoms with Crippen LogP contribution in [0.2, 0.25) is 0 Å². The number of nitro benzene ring substituents is 1. The van der Waals surface area contributed by atoms with Gasteiger partial charge >= 0.3 is 0 Å². The van der Waals surface area contributed by atoms with Crippen molar-refractivity contribution in [3.8, 4) is 0 Å². The summed E-state index contributed by atoms with van der Waals surface area (Å²) in [6.45, 7) is 1.85. The second kappa shape index (κ2) is 8.31. The van der Waals surface area contributed by atoms with E-state index in [1.165, 1.54) is 36.3 Å². The van der Waals surface area contributed by atoms with Gasteiger partial charge in [-0.2, -0.15) is 5.10 Å². The first kappa shape index (κ1) is 19.1. The predicted molar refractivity (Wildman–Crippen MR) is 104 cm³/mol. The van der Waals surface area contributed by atoms with E-state index >= 15 is 0 Å². The Kier molecular flexibility index (Phi) is 5.87. The van der Waals surface area contributed by atoms with Crippen LogP contribution >= 0.6 is 27.7 Å². The lowest BCUT2D eigenvalue weighted by Crippen LogP contribution is -2.27. The Morgan fingerprint density at radius 2 is 2.11 bits per heavy atom. The van der Waals surface area contributed by atoms with Gasteiger partial charge in [-0.3, -0.25) is 20.0 Å². The minimum Gasteiger partial charge on any atom is -0.345 e. The maximum absolute atomic E-state index is 12.9. The van der Waals surface area contributed by atoms with Gasteiger partial charge in [0.25, 0.3) is 11.6 Å². The third-order valence-corrected chi connectivity index (χ3v) is 5.43. The standard InChI is InChI=1S/C17H14BrN5O3S/c1-10(12-4-2-3-5-14(12)18)21-16(24)13-8-11(23(25)26)6-7-15(13)27-17-19-9-20-22-17/h2-10H,1H3,(H,21,24)(H,19,20,22)/t10-/m1/s1. The van der Waals surface area contributed by atoms with Gasteiger partial charge in [0.15, 0.2) is 5.16 Å². The zero-order valence-electron chi connectivity index (χ0n) is 14.0. The van der Waals surface area contributed by atoms with Gasteiger partial charge in [0.1, 0.15) is 6.33 Å². The minimum atomic E-state index is -0.531. The number of hydrogen-bond donors (Lipinski definition) is 2. The number of non-ortho nitro benzene ring substituents is 1. The first-order valence-corrected chi connectivity index (χ1v) is 9.43. The summed E-state index contributed by atoms with van der Waals surface area (Å²) in [7, 11) is 0. The Balaban J connectivity index is 1.90. The highest BCUT2D eigenvalue weighted by atomic mass is 79.9. The van der Waals surface area contributed by atoms with Crippen LogP contribution in [0.4, 0.5) is 5.69 Å². The molecule has 1 heterocycles. The molecule has 1 amide bonds. The number of aromatic nitrogens is 3. The van der Waals surface area contributed by atoms with Gasteiger partial charge in [-0.15, -0.1) is 0 Å². The van der Waals surface area contributed by atoms with E-state index in [2.05, 4.69) is 36.4 Å². The fourth-order valence-electron chi connectivity index (χ4n) is 2.42. The van der Waals surface area contributed by atoms with E-state index in [1.54, 1.807) is 0 Å². The van der Waals surface area contributed by atoms with Crippen molar-refractivity contribution in [1.29, 1.82) is 0 Å². The van der Waals surface area contributed by atoms with E-state index in [-0.39, 0.29) is 17.3 Å². The molecule has 0 fully saturated rings. The van der Waals surface area contributed by atoms with Crippen molar-refractivity contribution in [1.82, 2.24) is 20.5 Å². The first-order chi connectivity index (χ1) is 13.0. The van der Waals surface area contributed by atoms with Crippen molar-refractivity contribution in [2.45, 2.75) is 23.0 Å². The number of carbonyl (C=O) groups excluding carboxylic acids is 1. The van der Waals surface area contributed by atoms with E-state index in [1.807, 2.05) is 31.2 Å². The Hall–Kier alpha value is -2.72. The maximum atomic E-state index is 12.9. The topological polar surface area (TPSA) is 114 Å². The average Bonchev–Trinajstić information content (AvgIpc) is 3.15. The van der Waals surface area contributed by atoms with Gasteiger partial charge in [-0.05, 0) is 36.4 Å². The molecule has 0 unspecified atom stereocenters. The van der Waals surface area contributed by atoms with Gasteiger partial charge in [0.05, 0.1) is 16.5 Å². The molecule has 1 atom stereocenters. The molecule has 2 aromatic carbocycles. The van der Waals surface area contributed by atoms with Crippen LogP contribution in [0.3, 0.4) is 0 Å². The second-order valence-electron chi connectivity index (χ2n) is 5.55. The molecule has 10 heteroatoms. The zero-order chi connectivity index (χ0) is 19.4. The number of rotatable bonds is 6. The lowest BCUT2D eigenvalue weighted by atomic mass is 10.1. The molecular weight excluding hydrogens is 434 g/mol. The Morgan fingerprint density at radius 3 is 2.78 bits per heavy atom. The summed E-state index contributed by atoms with van der Waals surface area (Å²) in [5.74, 6) is -0.413. The molecule has 0 aliphatic rings. The quantitative estimate of drug-likeness (QED) is 0.433. The molecule has 0 radical (unpaired) electrons. The molecule has 0 aliphatic carbocycles. The summed E-state index contributed by atoms with van der Waals surface area (Å²) in [5, 5.41) is 21.0. The summed E-state index contributed by atoms with van der Waals surface area (Å²) in [4.78, 5) is 28.0. The van der Waals surface area contributed by atoms with Crippen molar-refractivity contribution in [3.63, 3.8) is 0 Å². The Labute approximate surface area is 167 Å². The van der Waals surface area contributed by atoms with Gasteiger partial charge in [-0.25, -0.2) is 4.98 Å². The highest BCUT2D eigenvalue weighted by molar-refractivity contribution is 9.10. The van der Waals surface area contributed by atoms with Crippen LogP contribution in [0.5, 0.6) is 0 Å².